The van der Waals surface area contributed by atoms with Crippen LogP contribution in [0.3, 0.4) is 0 Å². The molecule has 14 heavy (non-hydrogen) atoms. The molecule has 0 saturated carbocycles. The lowest BCUT2D eigenvalue weighted by Gasteiger charge is -1.87. The van der Waals surface area contributed by atoms with E-state index in [1.807, 2.05) is 0 Å². The second-order valence-corrected chi connectivity index (χ2v) is 4.27. The first kappa shape index (κ1) is 11.0. The maximum atomic E-state index is 2.20. The van der Waals surface area contributed by atoms with E-state index in [2.05, 4.69) is 52.0 Å². The van der Waals surface area contributed by atoms with E-state index in [0.29, 0.717) is 0 Å². The fraction of sp³-hybridized carbons (Fsp3) is 0.429. The molecule has 0 aromatic carbocycles. The van der Waals surface area contributed by atoms with Gasteiger partial charge in [0.05, 0.1) is 0 Å². The lowest BCUT2D eigenvalue weighted by Crippen LogP contribution is -1.67. The molecule has 0 aromatic rings. The van der Waals surface area contributed by atoms with Gasteiger partial charge in [-0.2, -0.15) is 0 Å². The van der Waals surface area contributed by atoms with Crippen LogP contribution in [0.15, 0.2) is 46.6 Å². The third-order valence-corrected chi connectivity index (χ3v) is 2.68. The molecule has 2 rings (SSSR count). The van der Waals surface area contributed by atoms with Gasteiger partial charge in [-0.1, -0.05) is 46.6 Å². The molecule has 0 amide bonds. The molecule has 0 saturated heterocycles. The minimum absolute atomic E-state index is 1.17. The topological polar surface area (TPSA) is 0 Å². The molecule has 2 aliphatic rings. The third kappa shape index (κ3) is 3.37. The monoisotopic (exact) mass is 188 g/mol. The summed E-state index contributed by atoms with van der Waals surface area (Å²) >= 11 is 0. The summed E-state index contributed by atoms with van der Waals surface area (Å²) in [4.78, 5) is 0. The molecular formula is C14H20. The van der Waals surface area contributed by atoms with E-state index >= 15 is 0 Å². The summed E-state index contributed by atoms with van der Waals surface area (Å²) in [6.07, 6.45) is 11.1. The van der Waals surface area contributed by atoms with Gasteiger partial charge in [-0.25, -0.2) is 0 Å². The third-order valence-electron chi connectivity index (χ3n) is 2.68. The van der Waals surface area contributed by atoms with Crippen molar-refractivity contribution in [2.24, 2.45) is 0 Å². The Labute approximate surface area is 87.7 Å². The zero-order chi connectivity index (χ0) is 10.6. The van der Waals surface area contributed by atoms with E-state index in [0.717, 1.165) is 0 Å². The Morgan fingerprint density at radius 2 is 1.50 bits per heavy atom. The highest BCUT2D eigenvalue weighted by Gasteiger charge is 1.96. The van der Waals surface area contributed by atoms with Crippen molar-refractivity contribution in [3.05, 3.63) is 46.6 Å². The SMILES string of the molecule is CC1=C(C)CC=C1.CC1=CC=C(C)C1. The summed E-state index contributed by atoms with van der Waals surface area (Å²) in [5.74, 6) is 0. The van der Waals surface area contributed by atoms with Crippen molar-refractivity contribution in [3.63, 3.8) is 0 Å². The average Bonchev–Trinajstić information content (AvgIpc) is 2.65. The lowest BCUT2D eigenvalue weighted by molar-refractivity contribution is 1.15. The van der Waals surface area contributed by atoms with Crippen LogP contribution in [0.2, 0.25) is 0 Å². The summed E-state index contributed by atoms with van der Waals surface area (Å²) in [5, 5.41) is 0. The van der Waals surface area contributed by atoms with E-state index < -0.39 is 0 Å². The van der Waals surface area contributed by atoms with Gasteiger partial charge < -0.3 is 0 Å². The minimum Gasteiger partial charge on any atom is -0.0802 e. The molecular weight excluding hydrogens is 168 g/mol. The summed E-state index contributed by atoms with van der Waals surface area (Å²) in [7, 11) is 0. The standard InChI is InChI=1S/2C7H10/c1-6-3-4-7(2)5-6;1-6-4-3-5-7(6)2/h2*3-4H,5H2,1-2H3. The number of rotatable bonds is 0. The van der Waals surface area contributed by atoms with Crippen molar-refractivity contribution >= 4 is 0 Å². The fourth-order valence-electron chi connectivity index (χ4n) is 1.56. The Morgan fingerprint density at radius 1 is 0.929 bits per heavy atom. The number of hydrogen-bond donors (Lipinski definition) is 0. The Hall–Kier alpha value is -1.04. The van der Waals surface area contributed by atoms with E-state index in [1.165, 1.54) is 35.1 Å². The first-order valence-electron chi connectivity index (χ1n) is 5.25. The van der Waals surface area contributed by atoms with E-state index in [9.17, 15) is 0 Å². The molecule has 76 valence electrons. The van der Waals surface area contributed by atoms with Gasteiger partial charge in [0.25, 0.3) is 0 Å². The van der Waals surface area contributed by atoms with Gasteiger partial charge in [0.2, 0.25) is 0 Å². The Bertz CT molecular complexity index is 306. The van der Waals surface area contributed by atoms with Crippen molar-refractivity contribution in [3.8, 4) is 0 Å². The Balaban J connectivity index is 0.000000140. The average molecular weight is 188 g/mol. The molecule has 0 fully saturated rings. The molecule has 0 spiro atoms. The highest BCUT2D eigenvalue weighted by Crippen LogP contribution is 2.16. The van der Waals surface area contributed by atoms with Crippen molar-refractivity contribution in [2.75, 3.05) is 0 Å². The highest BCUT2D eigenvalue weighted by atomic mass is 14.0. The summed E-state index contributed by atoms with van der Waals surface area (Å²) in [6, 6.07) is 0. The molecule has 0 atom stereocenters. The van der Waals surface area contributed by atoms with E-state index in [4.69, 9.17) is 0 Å². The van der Waals surface area contributed by atoms with Gasteiger partial charge in [0.15, 0.2) is 0 Å². The molecule has 0 unspecified atom stereocenters. The Morgan fingerprint density at radius 3 is 1.64 bits per heavy atom. The van der Waals surface area contributed by atoms with E-state index in [-0.39, 0.29) is 0 Å². The molecule has 0 aromatic heterocycles. The van der Waals surface area contributed by atoms with Crippen molar-refractivity contribution in [2.45, 2.75) is 40.5 Å². The minimum atomic E-state index is 1.17. The van der Waals surface area contributed by atoms with Crippen LogP contribution >= 0.6 is 0 Å². The second-order valence-electron chi connectivity index (χ2n) is 4.27. The van der Waals surface area contributed by atoms with Crippen LogP contribution in [0.1, 0.15) is 40.5 Å². The molecule has 0 N–H and O–H groups in total. The molecule has 0 aliphatic heterocycles. The van der Waals surface area contributed by atoms with Gasteiger partial charge in [-0.3, -0.25) is 0 Å². The van der Waals surface area contributed by atoms with Gasteiger partial charge >= 0.3 is 0 Å². The van der Waals surface area contributed by atoms with Crippen LogP contribution in [-0.2, 0) is 0 Å². The van der Waals surface area contributed by atoms with Gasteiger partial charge in [-0.15, -0.1) is 0 Å². The van der Waals surface area contributed by atoms with Gasteiger partial charge in [0.1, 0.15) is 0 Å². The zero-order valence-electron chi connectivity index (χ0n) is 9.72. The second kappa shape index (κ2) is 4.99. The molecule has 0 radical (unpaired) electrons. The normalized spacial score (nSPS) is 19.1. The smallest absolute Gasteiger partial charge is 0.0108 e. The molecule has 0 heteroatoms. The first-order chi connectivity index (χ1) is 6.59. The molecule has 0 nitrogen and oxygen atoms in total. The summed E-state index contributed by atoms with van der Waals surface area (Å²) < 4.78 is 0. The summed E-state index contributed by atoms with van der Waals surface area (Å²) in [5.41, 5.74) is 5.93. The fourth-order valence-corrected chi connectivity index (χ4v) is 1.56. The van der Waals surface area contributed by atoms with Crippen LogP contribution < -0.4 is 0 Å². The largest absolute Gasteiger partial charge is 0.0802 e. The van der Waals surface area contributed by atoms with E-state index in [1.54, 1.807) is 0 Å². The van der Waals surface area contributed by atoms with Crippen LogP contribution in [-0.4, -0.2) is 0 Å². The van der Waals surface area contributed by atoms with Crippen LogP contribution in [0, 0.1) is 0 Å². The predicted molar refractivity (Wildman–Crippen MR) is 64.3 cm³/mol. The van der Waals surface area contributed by atoms with Gasteiger partial charge in [-0.05, 0) is 40.5 Å². The van der Waals surface area contributed by atoms with Crippen LogP contribution in [0.5, 0.6) is 0 Å². The highest BCUT2D eigenvalue weighted by molar-refractivity contribution is 5.30. The van der Waals surface area contributed by atoms with Crippen molar-refractivity contribution < 1.29 is 0 Å². The maximum absolute atomic E-state index is 2.20. The molecule has 0 heterocycles. The summed E-state index contributed by atoms with van der Waals surface area (Å²) in [6.45, 7) is 8.65. The predicted octanol–water partition coefficient (Wildman–Crippen LogP) is 4.57. The number of allylic oxidation sites excluding steroid dienone is 8. The van der Waals surface area contributed by atoms with Crippen molar-refractivity contribution in [1.82, 2.24) is 0 Å². The maximum Gasteiger partial charge on any atom is -0.0108 e. The molecule has 0 bridgehead atoms. The van der Waals surface area contributed by atoms with Crippen LogP contribution in [0.4, 0.5) is 0 Å². The lowest BCUT2D eigenvalue weighted by atomic mass is 10.2. The zero-order valence-corrected chi connectivity index (χ0v) is 9.72. The van der Waals surface area contributed by atoms with Crippen molar-refractivity contribution in [1.29, 1.82) is 0 Å². The molecule has 2 aliphatic carbocycles. The Kier molecular flexibility index (Phi) is 3.94. The first-order valence-corrected chi connectivity index (χ1v) is 5.25. The quantitative estimate of drug-likeness (QED) is 0.522. The number of hydrogen-bond acceptors (Lipinski definition) is 0. The van der Waals surface area contributed by atoms with Gasteiger partial charge in [0, 0.05) is 0 Å². The van der Waals surface area contributed by atoms with Crippen LogP contribution in [0.25, 0.3) is 0 Å².